The van der Waals surface area contributed by atoms with Gasteiger partial charge in [0.05, 0.1) is 5.69 Å². The fraction of sp³-hybridized carbons (Fsp3) is 0.474. The second-order valence-corrected chi connectivity index (χ2v) is 7.88. The van der Waals surface area contributed by atoms with Gasteiger partial charge in [0.2, 0.25) is 0 Å². The molecule has 0 saturated carbocycles. The highest BCUT2D eigenvalue weighted by molar-refractivity contribution is 7.15. The Morgan fingerprint density at radius 2 is 2.12 bits per heavy atom. The average Bonchev–Trinajstić information content (AvgIpc) is 2.94. The van der Waals surface area contributed by atoms with Crippen molar-refractivity contribution >= 4 is 22.4 Å². The highest BCUT2D eigenvalue weighted by Gasteiger charge is 2.20. The molecule has 1 atom stereocenters. The summed E-state index contributed by atoms with van der Waals surface area (Å²) in [6.45, 7) is 6.57. The molecule has 2 aromatic rings. The zero-order chi connectivity index (χ0) is 17.1. The second kappa shape index (κ2) is 7.34. The number of ether oxygens (including phenoxy) is 1. The molecular formula is C19H24N2O2S. The van der Waals surface area contributed by atoms with Crippen molar-refractivity contribution in [3.8, 4) is 5.75 Å². The fourth-order valence-electron chi connectivity index (χ4n) is 2.85. The molecule has 0 fully saturated rings. The van der Waals surface area contributed by atoms with Crippen LogP contribution in [0.15, 0.2) is 24.3 Å². The summed E-state index contributed by atoms with van der Waals surface area (Å²) >= 11 is 1.60. The van der Waals surface area contributed by atoms with E-state index >= 15 is 0 Å². The Hall–Kier alpha value is -1.88. The third-order valence-corrected chi connectivity index (χ3v) is 5.38. The van der Waals surface area contributed by atoms with Gasteiger partial charge in [0, 0.05) is 4.88 Å². The second-order valence-electron chi connectivity index (χ2n) is 6.80. The van der Waals surface area contributed by atoms with Gasteiger partial charge in [0.25, 0.3) is 5.91 Å². The Morgan fingerprint density at radius 3 is 2.83 bits per heavy atom. The standard InChI is InChI=1S/C19H24N2O2S/c1-12(2)14-5-7-15(8-6-14)23-11-18(22)21-19-20-16-9-4-13(3)10-17(16)24-19/h5-8,12-13H,4,9-11H2,1-3H3,(H,20,21,22). The molecule has 1 aliphatic carbocycles. The lowest BCUT2D eigenvalue weighted by Gasteiger charge is -2.15. The lowest BCUT2D eigenvalue weighted by molar-refractivity contribution is -0.118. The summed E-state index contributed by atoms with van der Waals surface area (Å²) in [5.74, 6) is 1.74. The average molecular weight is 344 g/mol. The molecule has 0 saturated heterocycles. The van der Waals surface area contributed by atoms with Crippen LogP contribution in [0.2, 0.25) is 0 Å². The molecule has 1 aromatic carbocycles. The van der Waals surface area contributed by atoms with Gasteiger partial charge in [-0.2, -0.15) is 0 Å². The van der Waals surface area contributed by atoms with Crippen molar-refractivity contribution in [2.45, 2.75) is 46.0 Å². The molecule has 5 heteroatoms. The lowest BCUT2D eigenvalue weighted by atomic mass is 9.93. The first-order chi connectivity index (χ1) is 11.5. The summed E-state index contributed by atoms with van der Waals surface area (Å²) in [5.41, 5.74) is 2.41. The maximum atomic E-state index is 12.1. The van der Waals surface area contributed by atoms with E-state index in [9.17, 15) is 4.79 Å². The van der Waals surface area contributed by atoms with Crippen LogP contribution >= 0.6 is 11.3 Å². The molecule has 128 valence electrons. The summed E-state index contributed by atoms with van der Waals surface area (Å²) in [4.78, 5) is 17.9. The molecule has 1 aliphatic rings. The largest absolute Gasteiger partial charge is 0.484 e. The van der Waals surface area contributed by atoms with Crippen molar-refractivity contribution in [1.29, 1.82) is 0 Å². The van der Waals surface area contributed by atoms with Crippen molar-refractivity contribution in [1.82, 2.24) is 4.98 Å². The van der Waals surface area contributed by atoms with Crippen molar-refractivity contribution in [3.63, 3.8) is 0 Å². The highest BCUT2D eigenvalue weighted by Crippen LogP contribution is 2.32. The lowest BCUT2D eigenvalue weighted by Crippen LogP contribution is -2.20. The molecular weight excluding hydrogens is 320 g/mol. The van der Waals surface area contributed by atoms with E-state index in [1.54, 1.807) is 11.3 Å². The monoisotopic (exact) mass is 344 g/mol. The van der Waals surface area contributed by atoms with E-state index in [1.165, 1.54) is 16.9 Å². The number of carbonyl (C=O) groups is 1. The predicted octanol–water partition coefficient (Wildman–Crippen LogP) is 4.41. The Morgan fingerprint density at radius 1 is 1.38 bits per heavy atom. The number of aromatic nitrogens is 1. The first-order valence-electron chi connectivity index (χ1n) is 8.52. The number of thiazole rings is 1. The molecule has 1 amide bonds. The van der Waals surface area contributed by atoms with Gasteiger partial charge in [0.15, 0.2) is 11.7 Å². The number of nitrogens with zero attached hydrogens (tertiary/aromatic N) is 1. The number of benzene rings is 1. The first kappa shape index (κ1) is 17.0. The molecule has 1 aromatic heterocycles. The Bertz CT molecular complexity index is 707. The molecule has 0 aliphatic heterocycles. The predicted molar refractivity (Wildman–Crippen MR) is 98.0 cm³/mol. The number of aryl methyl sites for hydroxylation is 1. The number of hydrogen-bond acceptors (Lipinski definition) is 4. The number of amides is 1. The van der Waals surface area contributed by atoms with Gasteiger partial charge in [-0.15, -0.1) is 11.3 Å². The van der Waals surface area contributed by atoms with Crippen LogP contribution in [-0.2, 0) is 17.6 Å². The van der Waals surface area contributed by atoms with E-state index in [0.29, 0.717) is 22.7 Å². The molecule has 24 heavy (non-hydrogen) atoms. The van der Waals surface area contributed by atoms with Gasteiger partial charge in [-0.3, -0.25) is 10.1 Å². The van der Waals surface area contributed by atoms with Crippen molar-refractivity contribution in [2.24, 2.45) is 5.92 Å². The maximum absolute atomic E-state index is 12.1. The van der Waals surface area contributed by atoms with Gasteiger partial charge in [-0.25, -0.2) is 4.98 Å². The number of anilines is 1. The Balaban J connectivity index is 1.52. The minimum absolute atomic E-state index is 0.00166. The number of hydrogen-bond donors (Lipinski definition) is 1. The van der Waals surface area contributed by atoms with Crippen molar-refractivity contribution in [2.75, 3.05) is 11.9 Å². The van der Waals surface area contributed by atoms with Crippen molar-refractivity contribution < 1.29 is 9.53 Å². The first-order valence-corrected chi connectivity index (χ1v) is 9.34. The van der Waals surface area contributed by atoms with Gasteiger partial charge >= 0.3 is 0 Å². The molecule has 0 radical (unpaired) electrons. The highest BCUT2D eigenvalue weighted by atomic mass is 32.1. The SMILES string of the molecule is CC1CCc2nc(NC(=O)COc3ccc(C(C)C)cc3)sc2C1. The van der Waals surface area contributed by atoms with Crippen LogP contribution in [0.4, 0.5) is 5.13 Å². The zero-order valence-corrected chi connectivity index (χ0v) is 15.3. The summed E-state index contributed by atoms with van der Waals surface area (Å²) in [5, 5.41) is 3.55. The van der Waals surface area contributed by atoms with Crippen LogP contribution in [0.3, 0.4) is 0 Å². The normalized spacial score (nSPS) is 16.8. The molecule has 0 bridgehead atoms. The number of nitrogens with one attached hydrogen (secondary N) is 1. The number of rotatable bonds is 5. The van der Waals surface area contributed by atoms with Gasteiger partial charge in [-0.05, 0) is 48.8 Å². The summed E-state index contributed by atoms with van der Waals surface area (Å²) < 4.78 is 5.56. The van der Waals surface area contributed by atoms with Gasteiger partial charge < -0.3 is 4.74 Å². The summed E-state index contributed by atoms with van der Waals surface area (Å²) in [6.07, 6.45) is 3.27. The van der Waals surface area contributed by atoms with Crippen LogP contribution in [0.5, 0.6) is 5.75 Å². The minimum Gasteiger partial charge on any atom is -0.484 e. The topological polar surface area (TPSA) is 51.2 Å². The molecule has 1 heterocycles. The van der Waals surface area contributed by atoms with E-state index < -0.39 is 0 Å². The van der Waals surface area contributed by atoms with Gasteiger partial charge in [-0.1, -0.05) is 32.9 Å². The Labute approximate surface area is 147 Å². The van der Waals surface area contributed by atoms with Gasteiger partial charge in [0.1, 0.15) is 5.75 Å². The molecule has 1 unspecified atom stereocenters. The smallest absolute Gasteiger partial charge is 0.264 e. The molecule has 0 spiro atoms. The third-order valence-electron chi connectivity index (χ3n) is 4.35. The minimum atomic E-state index is -0.165. The quantitative estimate of drug-likeness (QED) is 0.874. The van der Waals surface area contributed by atoms with E-state index in [2.05, 4.69) is 31.1 Å². The maximum Gasteiger partial charge on any atom is 0.264 e. The van der Waals surface area contributed by atoms with Crippen LogP contribution in [0.25, 0.3) is 0 Å². The fourth-order valence-corrected chi connectivity index (χ4v) is 4.03. The van der Waals surface area contributed by atoms with Crippen LogP contribution in [-0.4, -0.2) is 17.5 Å². The molecule has 3 rings (SSSR count). The number of carbonyl (C=O) groups excluding carboxylic acids is 1. The molecule has 4 nitrogen and oxygen atoms in total. The van der Waals surface area contributed by atoms with E-state index in [-0.39, 0.29) is 12.5 Å². The third kappa shape index (κ3) is 4.15. The zero-order valence-electron chi connectivity index (χ0n) is 14.5. The molecule has 1 N–H and O–H groups in total. The Kier molecular flexibility index (Phi) is 5.19. The van der Waals surface area contributed by atoms with E-state index in [1.807, 2.05) is 24.3 Å². The summed E-state index contributed by atoms with van der Waals surface area (Å²) in [7, 11) is 0. The van der Waals surface area contributed by atoms with Crippen LogP contribution < -0.4 is 10.1 Å². The van der Waals surface area contributed by atoms with Crippen LogP contribution in [0, 0.1) is 5.92 Å². The summed E-state index contributed by atoms with van der Waals surface area (Å²) in [6, 6.07) is 7.89. The van der Waals surface area contributed by atoms with E-state index in [0.717, 1.165) is 18.5 Å². The van der Waals surface area contributed by atoms with E-state index in [4.69, 9.17) is 4.74 Å². The number of fused-ring (bicyclic) bond motifs is 1. The van der Waals surface area contributed by atoms with Crippen molar-refractivity contribution in [3.05, 3.63) is 40.4 Å². The van der Waals surface area contributed by atoms with Crippen LogP contribution in [0.1, 0.15) is 49.2 Å².